The van der Waals surface area contributed by atoms with Crippen LogP contribution in [0.1, 0.15) is 5.56 Å². The summed E-state index contributed by atoms with van der Waals surface area (Å²) in [4.78, 5) is 0.973. The van der Waals surface area contributed by atoms with Gasteiger partial charge in [0.2, 0.25) is 5.82 Å². The first-order valence-corrected chi connectivity index (χ1v) is 20.6. The standard InChI is InChI=1S/C57H31F5N2/c58-52-53(59)55(61)57(56(62)54(52)60)64(40-25-19-33(32-63)20-26-40)41-27-23-37-29-36(21-22-38(37)30-41)39-24-28-48-49(31-39)51(45-18-8-12-35-10-2-4-14-43(35)45)47-16-6-5-15-46(47)50(48)44-17-7-11-34-9-1-3-13-42(34)44/h1-31H. The van der Waals surface area contributed by atoms with Crippen molar-refractivity contribution < 1.29 is 22.0 Å². The molecule has 0 atom stereocenters. The second-order valence-corrected chi connectivity index (χ2v) is 15.8. The number of fused-ring (bicyclic) bond motifs is 5. The summed E-state index contributed by atoms with van der Waals surface area (Å²) < 4.78 is 74.6. The Labute approximate surface area is 363 Å². The predicted octanol–water partition coefficient (Wildman–Crippen LogP) is 16.5. The van der Waals surface area contributed by atoms with Crippen LogP contribution >= 0.6 is 0 Å². The van der Waals surface area contributed by atoms with Crippen LogP contribution in [0.15, 0.2) is 188 Å². The van der Waals surface area contributed by atoms with E-state index in [-0.39, 0.29) is 16.9 Å². The molecule has 0 radical (unpaired) electrons. The van der Waals surface area contributed by atoms with E-state index in [1.807, 2.05) is 24.3 Å². The van der Waals surface area contributed by atoms with Crippen molar-refractivity contribution >= 4 is 70.9 Å². The summed E-state index contributed by atoms with van der Waals surface area (Å²) in [5, 5.41) is 19.9. The van der Waals surface area contributed by atoms with Crippen LogP contribution in [0.3, 0.4) is 0 Å². The van der Waals surface area contributed by atoms with Gasteiger partial charge in [-0.3, -0.25) is 0 Å². The molecule has 0 aliphatic rings. The first-order valence-electron chi connectivity index (χ1n) is 20.6. The first-order chi connectivity index (χ1) is 31.3. The van der Waals surface area contributed by atoms with Gasteiger partial charge in [0.1, 0.15) is 5.69 Å². The summed E-state index contributed by atoms with van der Waals surface area (Å²) in [5.74, 6) is -10.3. The van der Waals surface area contributed by atoms with E-state index in [9.17, 15) is 18.4 Å². The monoisotopic (exact) mass is 838 g/mol. The zero-order valence-electron chi connectivity index (χ0n) is 33.7. The van der Waals surface area contributed by atoms with Crippen LogP contribution in [-0.4, -0.2) is 0 Å². The second kappa shape index (κ2) is 15.2. The molecule has 0 spiro atoms. The first kappa shape index (κ1) is 38.6. The molecule has 64 heavy (non-hydrogen) atoms. The van der Waals surface area contributed by atoms with Crippen molar-refractivity contribution in [1.82, 2.24) is 0 Å². The van der Waals surface area contributed by atoms with Gasteiger partial charge < -0.3 is 4.90 Å². The fraction of sp³-hybridized carbons (Fsp3) is 0. The third-order valence-electron chi connectivity index (χ3n) is 12.2. The minimum Gasteiger partial charge on any atom is -0.305 e. The summed E-state index contributed by atoms with van der Waals surface area (Å²) in [6.07, 6.45) is 0. The van der Waals surface area contributed by atoms with Crippen molar-refractivity contribution in [3.05, 3.63) is 223 Å². The average molecular weight is 839 g/mol. The summed E-state index contributed by atoms with van der Waals surface area (Å²) in [6.45, 7) is 0. The topological polar surface area (TPSA) is 27.0 Å². The fourth-order valence-electron chi connectivity index (χ4n) is 9.26. The number of nitriles is 1. The molecular formula is C57H31F5N2. The Morgan fingerprint density at radius 2 is 0.797 bits per heavy atom. The van der Waals surface area contributed by atoms with Crippen LogP contribution in [-0.2, 0) is 0 Å². The number of anilines is 3. The molecule has 2 nitrogen and oxygen atoms in total. The van der Waals surface area contributed by atoms with Crippen molar-refractivity contribution in [2.75, 3.05) is 4.90 Å². The largest absolute Gasteiger partial charge is 0.305 e. The van der Waals surface area contributed by atoms with E-state index >= 15 is 8.78 Å². The number of rotatable bonds is 6. The maximum Gasteiger partial charge on any atom is 0.200 e. The Morgan fingerprint density at radius 3 is 1.41 bits per heavy atom. The molecule has 0 aliphatic heterocycles. The second-order valence-electron chi connectivity index (χ2n) is 15.8. The zero-order valence-corrected chi connectivity index (χ0v) is 33.7. The van der Waals surface area contributed by atoms with Crippen LogP contribution in [0.2, 0.25) is 0 Å². The van der Waals surface area contributed by atoms with Gasteiger partial charge in [0.25, 0.3) is 0 Å². The average Bonchev–Trinajstić information content (AvgIpc) is 3.35. The molecule has 0 saturated heterocycles. The Hall–Kier alpha value is -8.34. The van der Waals surface area contributed by atoms with E-state index in [2.05, 4.69) is 127 Å². The van der Waals surface area contributed by atoms with Crippen LogP contribution in [0.5, 0.6) is 0 Å². The van der Waals surface area contributed by atoms with Gasteiger partial charge in [-0.15, -0.1) is 0 Å². The van der Waals surface area contributed by atoms with E-state index in [1.54, 1.807) is 18.2 Å². The zero-order chi connectivity index (χ0) is 43.6. The summed E-state index contributed by atoms with van der Waals surface area (Å²) in [6, 6.07) is 63.3. The molecule has 0 unspecified atom stereocenters. The van der Waals surface area contributed by atoms with Crippen molar-refractivity contribution in [3.63, 3.8) is 0 Å². The molecule has 0 aliphatic carbocycles. The Bertz CT molecular complexity index is 3720. The number of halogens is 5. The third kappa shape index (κ3) is 6.14. The van der Waals surface area contributed by atoms with Crippen molar-refractivity contribution in [2.45, 2.75) is 0 Å². The summed E-state index contributed by atoms with van der Waals surface area (Å²) in [7, 11) is 0. The van der Waals surface area contributed by atoms with Crippen LogP contribution in [0, 0.1) is 40.4 Å². The molecule has 0 heterocycles. The van der Waals surface area contributed by atoms with Crippen molar-refractivity contribution in [1.29, 1.82) is 5.26 Å². The molecule has 11 aromatic rings. The van der Waals surface area contributed by atoms with Gasteiger partial charge in [0, 0.05) is 11.4 Å². The Morgan fingerprint density at radius 1 is 0.344 bits per heavy atom. The maximum absolute atomic E-state index is 15.5. The predicted molar refractivity (Wildman–Crippen MR) is 249 cm³/mol. The van der Waals surface area contributed by atoms with E-state index in [1.165, 1.54) is 24.3 Å². The Kier molecular flexibility index (Phi) is 9.18. The van der Waals surface area contributed by atoms with Crippen LogP contribution < -0.4 is 4.90 Å². The minimum atomic E-state index is -2.25. The highest BCUT2D eigenvalue weighted by Gasteiger charge is 2.31. The van der Waals surface area contributed by atoms with Gasteiger partial charge in [0.05, 0.1) is 11.6 Å². The molecule has 0 fully saturated rings. The Balaban J connectivity index is 1.12. The van der Waals surface area contributed by atoms with Gasteiger partial charge in [-0.2, -0.15) is 5.26 Å². The van der Waals surface area contributed by atoms with E-state index < -0.39 is 34.8 Å². The molecule has 0 aromatic heterocycles. The lowest BCUT2D eigenvalue weighted by molar-refractivity contribution is 0.380. The van der Waals surface area contributed by atoms with Gasteiger partial charge in [0.15, 0.2) is 23.3 Å². The number of benzene rings is 11. The third-order valence-corrected chi connectivity index (χ3v) is 12.2. The fourth-order valence-corrected chi connectivity index (χ4v) is 9.26. The highest BCUT2D eigenvalue weighted by Crippen LogP contribution is 2.48. The van der Waals surface area contributed by atoms with E-state index in [0.29, 0.717) is 5.39 Å². The quantitative estimate of drug-likeness (QED) is 0.0722. The molecule has 0 bridgehead atoms. The SMILES string of the molecule is N#Cc1ccc(N(c2ccc3cc(-c4ccc5c(-c6cccc7ccccc67)c6ccccc6c(-c6cccc7ccccc67)c5c4)ccc3c2)c2c(F)c(F)c(F)c(F)c2F)cc1. The lowest BCUT2D eigenvalue weighted by atomic mass is 9.83. The smallest absolute Gasteiger partial charge is 0.200 e. The maximum atomic E-state index is 15.5. The highest BCUT2D eigenvalue weighted by molar-refractivity contribution is 6.25. The molecule has 7 heteroatoms. The lowest BCUT2D eigenvalue weighted by Gasteiger charge is -2.27. The minimum absolute atomic E-state index is 0.0896. The lowest BCUT2D eigenvalue weighted by Crippen LogP contribution is -2.17. The summed E-state index contributed by atoms with van der Waals surface area (Å²) in [5.41, 5.74) is 5.74. The van der Waals surface area contributed by atoms with Gasteiger partial charge in [-0.25, -0.2) is 22.0 Å². The molecular weight excluding hydrogens is 808 g/mol. The molecule has 0 amide bonds. The molecule has 11 aromatic carbocycles. The highest BCUT2D eigenvalue weighted by atomic mass is 19.2. The van der Waals surface area contributed by atoms with E-state index in [0.717, 1.165) is 86.8 Å². The van der Waals surface area contributed by atoms with Gasteiger partial charge >= 0.3 is 0 Å². The molecule has 0 N–H and O–H groups in total. The van der Waals surface area contributed by atoms with Crippen LogP contribution in [0.25, 0.3) is 87.2 Å². The number of nitrogens with zero attached hydrogens (tertiary/aromatic N) is 2. The van der Waals surface area contributed by atoms with Crippen molar-refractivity contribution in [3.8, 4) is 39.4 Å². The number of hydrogen-bond acceptors (Lipinski definition) is 2. The van der Waals surface area contributed by atoms with Gasteiger partial charge in [-0.1, -0.05) is 140 Å². The van der Waals surface area contributed by atoms with Gasteiger partial charge in [-0.05, 0) is 136 Å². The van der Waals surface area contributed by atoms with Crippen LogP contribution in [0.4, 0.5) is 39.0 Å². The van der Waals surface area contributed by atoms with Crippen molar-refractivity contribution in [2.24, 2.45) is 0 Å². The number of hydrogen-bond donors (Lipinski definition) is 0. The molecule has 11 rings (SSSR count). The molecule has 304 valence electrons. The normalized spacial score (nSPS) is 11.5. The van der Waals surface area contributed by atoms with E-state index in [4.69, 9.17) is 0 Å². The molecule has 0 saturated carbocycles. The summed E-state index contributed by atoms with van der Waals surface area (Å²) >= 11 is 0.